The summed E-state index contributed by atoms with van der Waals surface area (Å²) in [5.74, 6) is -2.40. The van der Waals surface area contributed by atoms with Gasteiger partial charge in [0.05, 0.1) is 0 Å². The molecular weight excluding hydrogens is 254 g/mol. The van der Waals surface area contributed by atoms with Crippen molar-refractivity contribution in [1.29, 1.82) is 0 Å². The van der Waals surface area contributed by atoms with Crippen molar-refractivity contribution in [2.75, 3.05) is 0 Å². The molecule has 0 radical (unpaired) electrons. The van der Waals surface area contributed by atoms with Gasteiger partial charge in [0.2, 0.25) is 0 Å². The van der Waals surface area contributed by atoms with Gasteiger partial charge >= 0.3 is 23.9 Å². The quantitative estimate of drug-likeness (QED) is 0.335. The van der Waals surface area contributed by atoms with E-state index in [-0.39, 0.29) is 0 Å². The molecule has 0 bridgehead atoms. The molecule has 0 aliphatic heterocycles. The Morgan fingerprint density at radius 2 is 1.67 bits per heavy atom. The third-order valence-electron chi connectivity index (χ3n) is 1.07. The van der Waals surface area contributed by atoms with Crippen LogP contribution in [-0.4, -0.2) is 23.9 Å². The molecule has 0 amide bonds. The molecule has 0 spiro atoms. The predicted octanol–water partition coefficient (Wildman–Crippen LogP) is 2.78. The van der Waals surface area contributed by atoms with Gasteiger partial charge in [-0.15, -0.1) is 0 Å². The summed E-state index contributed by atoms with van der Waals surface area (Å²) in [5.41, 5.74) is -1.86. The first-order valence-corrected chi connectivity index (χ1v) is 3.51. The molecular formula is C6H3ClF6O2. The smallest absolute Gasteiger partial charge is 0.393 e. The Balaban J connectivity index is 4.59. The highest BCUT2D eigenvalue weighted by Crippen LogP contribution is 2.31. The lowest BCUT2D eigenvalue weighted by atomic mass is 10.3. The highest BCUT2D eigenvalue weighted by atomic mass is 35.5. The molecule has 0 aromatic carbocycles. The molecule has 88 valence electrons. The van der Waals surface area contributed by atoms with Crippen LogP contribution in [0, 0.1) is 0 Å². The Bertz CT molecular complexity index is 271. The van der Waals surface area contributed by atoms with Gasteiger partial charge in [-0.3, -0.25) is 0 Å². The number of halogens is 7. The lowest BCUT2D eigenvalue weighted by Gasteiger charge is -2.17. The minimum absolute atomic E-state index is 1.86. The Labute approximate surface area is 84.4 Å². The second kappa shape index (κ2) is 4.30. The first kappa shape index (κ1) is 14.1. The van der Waals surface area contributed by atoms with Crippen LogP contribution in [0.4, 0.5) is 26.3 Å². The summed E-state index contributed by atoms with van der Waals surface area (Å²) in [4.78, 5) is 10.4. The van der Waals surface area contributed by atoms with E-state index in [4.69, 9.17) is 0 Å². The minimum Gasteiger partial charge on any atom is -0.393 e. The van der Waals surface area contributed by atoms with Crippen molar-refractivity contribution in [3.05, 3.63) is 12.2 Å². The van der Waals surface area contributed by atoms with E-state index < -0.39 is 29.5 Å². The Hall–Kier alpha value is -0.920. The van der Waals surface area contributed by atoms with Gasteiger partial charge < -0.3 is 4.74 Å². The number of ether oxygens (including phenoxy) is 1. The van der Waals surface area contributed by atoms with Crippen LogP contribution in [-0.2, 0) is 9.53 Å². The van der Waals surface area contributed by atoms with E-state index in [0.29, 0.717) is 0 Å². The maximum Gasteiger partial charge on any atom is 0.463 e. The highest BCUT2D eigenvalue weighted by molar-refractivity contribution is 6.26. The van der Waals surface area contributed by atoms with Crippen LogP contribution < -0.4 is 0 Å². The normalized spacial score (nSPS) is 12.8. The lowest BCUT2D eigenvalue weighted by Crippen LogP contribution is -2.35. The average molecular weight is 257 g/mol. The van der Waals surface area contributed by atoms with Crippen molar-refractivity contribution in [2.45, 2.75) is 17.9 Å². The number of hydrogen-bond acceptors (Lipinski definition) is 2. The van der Waals surface area contributed by atoms with Crippen molar-refractivity contribution in [2.24, 2.45) is 0 Å². The number of hydrogen-bond donors (Lipinski definition) is 0. The van der Waals surface area contributed by atoms with Crippen LogP contribution in [0.5, 0.6) is 0 Å². The van der Waals surface area contributed by atoms with E-state index >= 15 is 0 Å². The first-order chi connectivity index (χ1) is 6.48. The molecule has 9 heteroatoms. The van der Waals surface area contributed by atoms with Gasteiger partial charge in [0, 0.05) is 0 Å². The van der Waals surface area contributed by atoms with Crippen LogP contribution in [0.2, 0.25) is 0 Å². The van der Waals surface area contributed by atoms with Crippen LogP contribution in [0.3, 0.4) is 0 Å². The van der Waals surface area contributed by atoms with Crippen LogP contribution in [0.25, 0.3) is 0 Å². The Morgan fingerprint density at radius 3 is 1.93 bits per heavy atom. The maximum atomic E-state index is 12.1. The van der Waals surface area contributed by atoms with E-state index in [1.807, 2.05) is 0 Å². The molecule has 0 aliphatic carbocycles. The van der Waals surface area contributed by atoms with Gasteiger partial charge in [0.15, 0.2) is 0 Å². The summed E-state index contributed by atoms with van der Waals surface area (Å²) in [5, 5.41) is -4.34. The molecule has 0 rings (SSSR count). The van der Waals surface area contributed by atoms with Crippen LogP contribution in [0.1, 0.15) is 0 Å². The first-order valence-electron chi connectivity index (χ1n) is 3.14. The van der Waals surface area contributed by atoms with E-state index in [1.54, 1.807) is 0 Å². The maximum absolute atomic E-state index is 12.1. The van der Waals surface area contributed by atoms with Gasteiger partial charge in [-0.25, -0.2) is 4.79 Å². The number of rotatable bonds is 4. The standard InChI is InChI=1S/C6H3ClF6O2/c1-2(5(7,10)11)3(14)15-6(12,13)4(8)9/h4H,1H2. The number of carbonyl (C=O) groups is 1. The largest absolute Gasteiger partial charge is 0.463 e. The number of carbonyl (C=O) groups excluding carboxylic acids is 1. The fourth-order valence-corrected chi connectivity index (χ4v) is 0.423. The summed E-state index contributed by atoms with van der Waals surface area (Å²) in [7, 11) is 0. The van der Waals surface area contributed by atoms with Crippen molar-refractivity contribution >= 4 is 17.6 Å². The molecule has 0 aromatic rings. The zero-order valence-electron chi connectivity index (χ0n) is 6.75. The summed E-state index contributed by atoms with van der Waals surface area (Å²) in [6.07, 6.45) is -9.50. The van der Waals surface area contributed by atoms with Crippen molar-refractivity contribution in [1.82, 2.24) is 0 Å². The van der Waals surface area contributed by atoms with Crippen molar-refractivity contribution in [3.63, 3.8) is 0 Å². The summed E-state index contributed by atoms with van der Waals surface area (Å²) < 4.78 is 73.9. The van der Waals surface area contributed by atoms with Gasteiger partial charge in [-0.1, -0.05) is 6.58 Å². The zero-order valence-corrected chi connectivity index (χ0v) is 7.50. The van der Waals surface area contributed by atoms with Crippen molar-refractivity contribution < 1.29 is 35.9 Å². The molecule has 0 aliphatic rings. The fraction of sp³-hybridized carbons (Fsp3) is 0.500. The molecule has 0 aromatic heterocycles. The monoisotopic (exact) mass is 256 g/mol. The Kier molecular flexibility index (Phi) is 4.03. The van der Waals surface area contributed by atoms with Gasteiger partial charge in [0.25, 0.3) is 0 Å². The summed E-state index contributed by atoms with van der Waals surface area (Å²) >= 11 is 4.22. The molecule has 0 heterocycles. The molecule has 0 atom stereocenters. The molecule has 0 fully saturated rings. The third-order valence-corrected chi connectivity index (χ3v) is 1.30. The van der Waals surface area contributed by atoms with E-state index in [0.717, 1.165) is 0 Å². The molecule has 2 nitrogen and oxygen atoms in total. The van der Waals surface area contributed by atoms with Gasteiger partial charge in [-0.2, -0.15) is 26.3 Å². The molecule has 0 saturated heterocycles. The van der Waals surface area contributed by atoms with E-state index in [1.165, 1.54) is 0 Å². The third kappa shape index (κ3) is 3.98. The number of esters is 1. The van der Waals surface area contributed by atoms with Gasteiger partial charge in [0.1, 0.15) is 5.57 Å². The lowest BCUT2D eigenvalue weighted by molar-refractivity contribution is -0.283. The second-order valence-corrected chi connectivity index (χ2v) is 2.70. The van der Waals surface area contributed by atoms with Crippen LogP contribution in [0.15, 0.2) is 12.2 Å². The van der Waals surface area contributed by atoms with Crippen LogP contribution >= 0.6 is 11.6 Å². The molecule has 15 heavy (non-hydrogen) atoms. The molecule has 0 unspecified atom stereocenters. The molecule has 0 saturated carbocycles. The highest BCUT2D eigenvalue weighted by Gasteiger charge is 2.48. The summed E-state index contributed by atoms with van der Waals surface area (Å²) in [6.45, 7) is 2.33. The number of alkyl halides is 7. The summed E-state index contributed by atoms with van der Waals surface area (Å²) in [6, 6.07) is 0. The van der Waals surface area contributed by atoms with Gasteiger partial charge in [-0.05, 0) is 11.6 Å². The fourth-order valence-electron chi connectivity index (χ4n) is 0.345. The Morgan fingerprint density at radius 1 is 1.27 bits per heavy atom. The second-order valence-electron chi connectivity index (χ2n) is 2.23. The average Bonchev–Trinajstić information content (AvgIpc) is 2.00. The molecule has 0 N–H and O–H groups in total. The minimum atomic E-state index is -5.16. The van der Waals surface area contributed by atoms with Crippen molar-refractivity contribution in [3.8, 4) is 0 Å². The zero-order chi connectivity index (χ0) is 12.4. The SMILES string of the molecule is C=C(C(=O)OC(F)(F)C(F)F)C(F)(F)Cl. The van der Waals surface area contributed by atoms with E-state index in [9.17, 15) is 31.1 Å². The van der Waals surface area contributed by atoms with E-state index in [2.05, 4.69) is 22.9 Å². The predicted molar refractivity (Wildman–Crippen MR) is 37.0 cm³/mol. The topological polar surface area (TPSA) is 26.3 Å².